The molecule has 0 fully saturated rings. The van der Waals surface area contributed by atoms with Crippen LogP contribution in [0.25, 0.3) is 6.08 Å². The van der Waals surface area contributed by atoms with Crippen molar-refractivity contribution in [2.45, 2.75) is 6.92 Å². The van der Waals surface area contributed by atoms with E-state index in [0.29, 0.717) is 16.9 Å². The Bertz CT molecular complexity index is 739. The highest BCUT2D eigenvalue weighted by Crippen LogP contribution is 2.21. The molecule has 0 N–H and O–H groups in total. The highest BCUT2D eigenvalue weighted by molar-refractivity contribution is 6.08. The summed E-state index contributed by atoms with van der Waals surface area (Å²) in [5.74, 6) is 0.430. The number of benzene rings is 2. The molecule has 0 aromatic heterocycles. The number of ketones is 1. The van der Waals surface area contributed by atoms with Crippen LogP contribution in [0, 0.1) is 18.3 Å². The van der Waals surface area contributed by atoms with Crippen molar-refractivity contribution in [2.24, 2.45) is 0 Å². The molecule has 0 unspecified atom stereocenters. The zero-order valence-electron chi connectivity index (χ0n) is 12.0. The molecule has 3 heteroatoms. The van der Waals surface area contributed by atoms with Gasteiger partial charge in [0.15, 0.2) is 5.78 Å². The third kappa shape index (κ3) is 3.58. The van der Waals surface area contributed by atoms with E-state index in [1.54, 1.807) is 43.5 Å². The maximum atomic E-state index is 12.3. The van der Waals surface area contributed by atoms with Crippen LogP contribution in [-0.4, -0.2) is 12.9 Å². The van der Waals surface area contributed by atoms with Gasteiger partial charge in [0.1, 0.15) is 5.75 Å². The van der Waals surface area contributed by atoms with Gasteiger partial charge in [-0.05, 0) is 42.8 Å². The SMILES string of the molecule is COc1ccc(C)cc1C(=O)/C=C/c1cccc(C#N)c1. The van der Waals surface area contributed by atoms with E-state index >= 15 is 0 Å². The van der Waals surface area contributed by atoms with Gasteiger partial charge in [0.25, 0.3) is 0 Å². The lowest BCUT2D eigenvalue weighted by Crippen LogP contribution is -1.99. The quantitative estimate of drug-likeness (QED) is 0.631. The number of ether oxygens (including phenoxy) is 1. The molecular weight excluding hydrogens is 262 g/mol. The predicted molar refractivity (Wildman–Crippen MR) is 82.3 cm³/mol. The molecule has 0 radical (unpaired) electrons. The first-order valence-electron chi connectivity index (χ1n) is 6.51. The molecule has 2 rings (SSSR count). The third-order valence-electron chi connectivity index (χ3n) is 3.06. The monoisotopic (exact) mass is 277 g/mol. The highest BCUT2D eigenvalue weighted by Gasteiger charge is 2.09. The number of carbonyl (C=O) groups excluding carboxylic acids is 1. The fourth-order valence-corrected chi connectivity index (χ4v) is 1.99. The van der Waals surface area contributed by atoms with Crippen LogP contribution >= 0.6 is 0 Å². The number of nitrogens with zero attached hydrogens (tertiary/aromatic N) is 1. The molecule has 0 aliphatic rings. The fourth-order valence-electron chi connectivity index (χ4n) is 1.99. The van der Waals surface area contributed by atoms with Gasteiger partial charge in [-0.1, -0.05) is 29.8 Å². The molecule has 104 valence electrons. The molecule has 2 aromatic rings. The molecule has 0 spiro atoms. The summed E-state index contributed by atoms with van der Waals surface area (Å²) in [5.41, 5.74) is 2.91. The van der Waals surface area contributed by atoms with E-state index in [1.807, 2.05) is 19.1 Å². The van der Waals surface area contributed by atoms with E-state index in [1.165, 1.54) is 6.08 Å². The Kier molecular flexibility index (Phi) is 4.53. The first-order chi connectivity index (χ1) is 10.1. The van der Waals surface area contributed by atoms with E-state index in [9.17, 15) is 4.79 Å². The minimum absolute atomic E-state index is 0.127. The van der Waals surface area contributed by atoms with Gasteiger partial charge >= 0.3 is 0 Å². The van der Waals surface area contributed by atoms with Crippen LogP contribution in [0.4, 0.5) is 0 Å². The summed E-state index contributed by atoms with van der Waals surface area (Å²) < 4.78 is 5.21. The molecule has 0 aliphatic heterocycles. The van der Waals surface area contributed by atoms with Gasteiger partial charge in [-0.3, -0.25) is 4.79 Å². The Morgan fingerprint density at radius 1 is 1.24 bits per heavy atom. The summed E-state index contributed by atoms with van der Waals surface area (Å²) in [5, 5.41) is 8.86. The van der Waals surface area contributed by atoms with E-state index in [2.05, 4.69) is 6.07 Å². The number of hydrogen-bond acceptors (Lipinski definition) is 3. The Balaban J connectivity index is 2.27. The average molecular weight is 277 g/mol. The van der Waals surface area contributed by atoms with Crippen molar-refractivity contribution < 1.29 is 9.53 Å². The van der Waals surface area contributed by atoms with Crippen molar-refractivity contribution in [1.29, 1.82) is 5.26 Å². The Hall–Kier alpha value is -2.86. The first-order valence-corrected chi connectivity index (χ1v) is 6.51. The van der Waals surface area contributed by atoms with Gasteiger partial charge in [-0.15, -0.1) is 0 Å². The van der Waals surface area contributed by atoms with Crippen molar-refractivity contribution >= 4 is 11.9 Å². The molecule has 0 heterocycles. The number of carbonyl (C=O) groups is 1. The maximum absolute atomic E-state index is 12.3. The number of rotatable bonds is 4. The zero-order valence-corrected chi connectivity index (χ0v) is 12.0. The minimum Gasteiger partial charge on any atom is -0.496 e. The van der Waals surface area contributed by atoms with Gasteiger partial charge in [-0.2, -0.15) is 5.26 Å². The molecule has 0 saturated carbocycles. The van der Waals surface area contributed by atoms with Gasteiger partial charge in [0.2, 0.25) is 0 Å². The molecular formula is C18H15NO2. The van der Waals surface area contributed by atoms with Crippen LogP contribution < -0.4 is 4.74 Å². The number of methoxy groups -OCH3 is 1. The standard InChI is InChI=1S/C18H15NO2/c1-13-6-9-18(21-2)16(10-13)17(20)8-7-14-4-3-5-15(11-14)12-19/h3-11H,1-2H3/b8-7+. The fraction of sp³-hybridized carbons (Fsp3) is 0.111. The van der Waals surface area contributed by atoms with Crippen molar-refractivity contribution in [1.82, 2.24) is 0 Å². The third-order valence-corrected chi connectivity index (χ3v) is 3.06. The number of hydrogen-bond donors (Lipinski definition) is 0. The molecule has 0 saturated heterocycles. The van der Waals surface area contributed by atoms with Crippen molar-refractivity contribution in [3.63, 3.8) is 0 Å². The number of allylic oxidation sites excluding steroid dienone is 1. The normalized spacial score (nSPS) is 10.3. The second kappa shape index (κ2) is 6.53. The second-order valence-corrected chi connectivity index (χ2v) is 4.64. The summed E-state index contributed by atoms with van der Waals surface area (Å²) in [4.78, 5) is 12.3. The van der Waals surface area contributed by atoms with Crippen molar-refractivity contribution in [2.75, 3.05) is 7.11 Å². The van der Waals surface area contributed by atoms with Crippen molar-refractivity contribution in [3.8, 4) is 11.8 Å². The average Bonchev–Trinajstić information content (AvgIpc) is 2.52. The largest absolute Gasteiger partial charge is 0.496 e. The van der Waals surface area contributed by atoms with Crippen LogP contribution in [-0.2, 0) is 0 Å². The van der Waals surface area contributed by atoms with Gasteiger partial charge in [-0.25, -0.2) is 0 Å². The lowest BCUT2D eigenvalue weighted by atomic mass is 10.0. The second-order valence-electron chi connectivity index (χ2n) is 4.64. The van der Waals surface area contributed by atoms with E-state index in [-0.39, 0.29) is 5.78 Å². The van der Waals surface area contributed by atoms with Crippen LogP contribution in [0.3, 0.4) is 0 Å². The van der Waals surface area contributed by atoms with E-state index in [4.69, 9.17) is 10.00 Å². The maximum Gasteiger partial charge on any atom is 0.189 e. The lowest BCUT2D eigenvalue weighted by molar-refractivity contribution is 0.104. The van der Waals surface area contributed by atoms with Crippen LogP contribution in [0.1, 0.15) is 27.0 Å². The summed E-state index contributed by atoms with van der Waals surface area (Å²) >= 11 is 0. The Labute approximate surface area is 124 Å². The molecule has 21 heavy (non-hydrogen) atoms. The van der Waals surface area contributed by atoms with E-state index < -0.39 is 0 Å². The lowest BCUT2D eigenvalue weighted by Gasteiger charge is -2.06. The van der Waals surface area contributed by atoms with Crippen molar-refractivity contribution in [3.05, 3.63) is 70.8 Å². The smallest absolute Gasteiger partial charge is 0.189 e. The minimum atomic E-state index is -0.127. The number of aryl methyl sites for hydroxylation is 1. The molecule has 0 aliphatic carbocycles. The zero-order chi connectivity index (χ0) is 15.2. The van der Waals surface area contributed by atoms with Crippen LogP contribution in [0.2, 0.25) is 0 Å². The Morgan fingerprint density at radius 3 is 2.76 bits per heavy atom. The first kappa shape index (κ1) is 14.5. The summed E-state index contributed by atoms with van der Waals surface area (Å²) in [6.45, 7) is 1.93. The van der Waals surface area contributed by atoms with Gasteiger partial charge < -0.3 is 4.74 Å². The Morgan fingerprint density at radius 2 is 2.05 bits per heavy atom. The summed E-state index contributed by atoms with van der Waals surface area (Å²) in [7, 11) is 1.54. The molecule has 0 atom stereocenters. The van der Waals surface area contributed by atoms with Gasteiger partial charge in [0.05, 0.1) is 24.3 Å². The van der Waals surface area contributed by atoms with Gasteiger partial charge in [0, 0.05) is 0 Å². The summed E-state index contributed by atoms with van der Waals surface area (Å²) in [6, 6.07) is 14.7. The highest BCUT2D eigenvalue weighted by atomic mass is 16.5. The van der Waals surface area contributed by atoms with Crippen LogP contribution in [0.15, 0.2) is 48.5 Å². The predicted octanol–water partition coefficient (Wildman–Crippen LogP) is 3.77. The molecule has 3 nitrogen and oxygen atoms in total. The van der Waals surface area contributed by atoms with E-state index in [0.717, 1.165) is 11.1 Å². The molecule has 2 aromatic carbocycles. The molecule has 0 bridgehead atoms. The van der Waals surface area contributed by atoms with Crippen LogP contribution in [0.5, 0.6) is 5.75 Å². The summed E-state index contributed by atoms with van der Waals surface area (Å²) in [6.07, 6.45) is 3.19. The topological polar surface area (TPSA) is 50.1 Å². The number of nitriles is 1. The molecule has 0 amide bonds.